The van der Waals surface area contributed by atoms with Gasteiger partial charge in [0.15, 0.2) is 5.82 Å². The number of hydrogen-bond acceptors (Lipinski definition) is 4. The standard InChI is InChI=1S/C13H16ClN3O2/c1-2-16-12(18)6-10-8-19-4-3-17(10)11-5-9(14)7-15-13(11)16/h5,7,10H,2-4,6,8H2,1H3. The number of rotatable bonds is 1. The van der Waals surface area contributed by atoms with Crippen molar-refractivity contribution in [2.75, 3.05) is 36.1 Å². The number of morpholine rings is 1. The number of anilines is 2. The summed E-state index contributed by atoms with van der Waals surface area (Å²) in [4.78, 5) is 20.6. The molecule has 6 heteroatoms. The second-order valence-electron chi connectivity index (χ2n) is 4.76. The molecule has 0 saturated carbocycles. The highest BCUT2D eigenvalue weighted by Crippen LogP contribution is 2.35. The van der Waals surface area contributed by atoms with Crippen LogP contribution in [0.5, 0.6) is 0 Å². The van der Waals surface area contributed by atoms with Crippen LogP contribution in [0.2, 0.25) is 5.02 Å². The van der Waals surface area contributed by atoms with Gasteiger partial charge in [-0.05, 0) is 13.0 Å². The largest absolute Gasteiger partial charge is 0.377 e. The van der Waals surface area contributed by atoms with Crippen molar-refractivity contribution in [3.63, 3.8) is 0 Å². The molecule has 1 atom stereocenters. The molecule has 102 valence electrons. The summed E-state index contributed by atoms with van der Waals surface area (Å²) in [7, 11) is 0. The number of pyridine rings is 1. The van der Waals surface area contributed by atoms with E-state index in [9.17, 15) is 4.79 Å². The van der Waals surface area contributed by atoms with Crippen molar-refractivity contribution in [3.05, 3.63) is 17.3 Å². The molecule has 0 aromatic carbocycles. The Bertz CT molecular complexity index is 509. The van der Waals surface area contributed by atoms with Crippen LogP contribution in [-0.4, -0.2) is 43.2 Å². The van der Waals surface area contributed by atoms with Crippen LogP contribution in [0.15, 0.2) is 12.3 Å². The van der Waals surface area contributed by atoms with E-state index in [1.165, 1.54) is 0 Å². The van der Waals surface area contributed by atoms with Crippen LogP contribution in [0.4, 0.5) is 11.5 Å². The summed E-state index contributed by atoms with van der Waals surface area (Å²) in [5.41, 5.74) is 0.938. The van der Waals surface area contributed by atoms with Crippen LogP contribution in [-0.2, 0) is 9.53 Å². The topological polar surface area (TPSA) is 45.7 Å². The fraction of sp³-hybridized carbons (Fsp3) is 0.538. The van der Waals surface area contributed by atoms with Gasteiger partial charge < -0.3 is 9.64 Å². The van der Waals surface area contributed by atoms with E-state index < -0.39 is 0 Å². The van der Waals surface area contributed by atoms with Crippen molar-refractivity contribution >= 4 is 29.0 Å². The first-order chi connectivity index (χ1) is 9.20. The van der Waals surface area contributed by atoms with Crippen LogP contribution in [0.25, 0.3) is 0 Å². The van der Waals surface area contributed by atoms with Gasteiger partial charge in [-0.1, -0.05) is 11.6 Å². The number of nitrogens with zero attached hydrogens (tertiary/aromatic N) is 3. The maximum atomic E-state index is 12.3. The third-order valence-electron chi connectivity index (χ3n) is 3.63. The van der Waals surface area contributed by atoms with E-state index >= 15 is 0 Å². The molecular weight excluding hydrogens is 266 g/mol. The molecular formula is C13H16ClN3O2. The van der Waals surface area contributed by atoms with Gasteiger partial charge in [-0.25, -0.2) is 4.98 Å². The van der Waals surface area contributed by atoms with Gasteiger partial charge in [-0.2, -0.15) is 0 Å². The lowest BCUT2D eigenvalue weighted by Gasteiger charge is -2.35. The van der Waals surface area contributed by atoms with Crippen LogP contribution < -0.4 is 9.80 Å². The molecule has 1 fully saturated rings. The van der Waals surface area contributed by atoms with Crippen molar-refractivity contribution in [1.29, 1.82) is 0 Å². The lowest BCUT2D eigenvalue weighted by molar-refractivity contribution is -0.119. The molecule has 0 N–H and O–H groups in total. The van der Waals surface area contributed by atoms with Gasteiger partial charge in [-0.3, -0.25) is 9.69 Å². The van der Waals surface area contributed by atoms with Crippen LogP contribution in [0.1, 0.15) is 13.3 Å². The Hall–Kier alpha value is -1.33. The molecule has 2 aliphatic heterocycles. The maximum Gasteiger partial charge on any atom is 0.230 e. The lowest BCUT2D eigenvalue weighted by Crippen LogP contribution is -2.46. The minimum absolute atomic E-state index is 0.0804. The molecule has 1 aromatic rings. The fourth-order valence-electron chi connectivity index (χ4n) is 2.74. The Kier molecular flexibility index (Phi) is 3.33. The molecule has 3 rings (SSSR count). The van der Waals surface area contributed by atoms with Gasteiger partial charge in [-0.15, -0.1) is 0 Å². The fourth-order valence-corrected chi connectivity index (χ4v) is 2.89. The predicted molar refractivity (Wildman–Crippen MR) is 73.8 cm³/mol. The molecule has 3 heterocycles. The summed E-state index contributed by atoms with van der Waals surface area (Å²) in [5, 5.41) is 0.592. The highest BCUT2D eigenvalue weighted by atomic mass is 35.5. The minimum Gasteiger partial charge on any atom is -0.377 e. The SMILES string of the molecule is CCN1C(=O)CC2COCCN2c2cc(Cl)cnc21. The van der Waals surface area contributed by atoms with E-state index in [1.807, 2.05) is 13.0 Å². The van der Waals surface area contributed by atoms with Gasteiger partial charge in [0, 0.05) is 25.7 Å². The van der Waals surface area contributed by atoms with Crippen LogP contribution in [0, 0.1) is 0 Å². The average Bonchev–Trinajstić information content (AvgIpc) is 2.52. The first-order valence-corrected chi connectivity index (χ1v) is 6.88. The van der Waals surface area contributed by atoms with Crippen LogP contribution in [0.3, 0.4) is 0 Å². The van der Waals surface area contributed by atoms with Crippen LogP contribution >= 0.6 is 11.6 Å². The molecule has 2 aliphatic rings. The molecule has 0 radical (unpaired) electrons. The quantitative estimate of drug-likeness (QED) is 0.786. The normalized spacial score (nSPS) is 22.8. The Labute approximate surface area is 117 Å². The van der Waals surface area contributed by atoms with E-state index in [2.05, 4.69) is 9.88 Å². The van der Waals surface area contributed by atoms with Gasteiger partial charge >= 0.3 is 0 Å². The van der Waals surface area contributed by atoms with Crippen molar-refractivity contribution in [3.8, 4) is 0 Å². The maximum absolute atomic E-state index is 12.3. The number of hydrogen-bond donors (Lipinski definition) is 0. The molecule has 1 aromatic heterocycles. The van der Waals surface area contributed by atoms with Gasteiger partial charge in [0.1, 0.15) is 0 Å². The first-order valence-electron chi connectivity index (χ1n) is 6.51. The number of halogens is 1. The Morgan fingerprint density at radius 2 is 2.42 bits per heavy atom. The summed E-state index contributed by atoms with van der Waals surface area (Å²) >= 11 is 6.06. The average molecular weight is 282 g/mol. The smallest absolute Gasteiger partial charge is 0.230 e. The summed E-state index contributed by atoms with van der Waals surface area (Å²) < 4.78 is 5.49. The Balaban J connectivity index is 2.12. The van der Waals surface area contributed by atoms with E-state index in [4.69, 9.17) is 16.3 Å². The zero-order chi connectivity index (χ0) is 13.4. The second-order valence-corrected chi connectivity index (χ2v) is 5.20. The number of aromatic nitrogens is 1. The number of carbonyl (C=O) groups excluding carboxylic acids is 1. The zero-order valence-electron chi connectivity index (χ0n) is 10.8. The summed E-state index contributed by atoms with van der Waals surface area (Å²) in [6, 6.07) is 1.97. The number of amides is 1. The predicted octanol–water partition coefficient (Wildman–Crippen LogP) is 1.70. The van der Waals surface area contributed by atoms with E-state index in [-0.39, 0.29) is 11.9 Å². The third-order valence-corrected chi connectivity index (χ3v) is 3.84. The molecule has 0 bridgehead atoms. The Morgan fingerprint density at radius 3 is 3.21 bits per heavy atom. The second kappa shape index (κ2) is 4.98. The van der Waals surface area contributed by atoms with E-state index in [0.29, 0.717) is 37.0 Å². The number of ether oxygens (including phenoxy) is 1. The van der Waals surface area contributed by atoms with Crippen molar-refractivity contribution in [2.24, 2.45) is 0 Å². The van der Waals surface area contributed by atoms with Crippen molar-refractivity contribution in [1.82, 2.24) is 4.98 Å². The molecule has 5 nitrogen and oxygen atoms in total. The van der Waals surface area contributed by atoms with Gasteiger partial charge in [0.25, 0.3) is 0 Å². The molecule has 1 saturated heterocycles. The van der Waals surface area contributed by atoms with E-state index in [1.54, 1.807) is 11.1 Å². The van der Waals surface area contributed by atoms with Gasteiger partial charge in [0.05, 0.1) is 30.0 Å². The zero-order valence-corrected chi connectivity index (χ0v) is 11.6. The third kappa shape index (κ3) is 2.17. The lowest BCUT2D eigenvalue weighted by atomic mass is 10.1. The van der Waals surface area contributed by atoms with Crippen molar-refractivity contribution < 1.29 is 9.53 Å². The Morgan fingerprint density at radius 1 is 1.58 bits per heavy atom. The number of fused-ring (bicyclic) bond motifs is 3. The summed E-state index contributed by atoms with van der Waals surface area (Å²) in [6.45, 7) is 4.59. The molecule has 19 heavy (non-hydrogen) atoms. The molecule has 1 amide bonds. The highest BCUT2D eigenvalue weighted by Gasteiger charge is 2.34. The minimum atomic E-state index is 0.0804. The first kappa shape index (κ1) is 12.7. The molecule has 0 aliphatic carbocycles. The monoisotopic (exact) mass is 281 g/mol. The van der Waals surface area contributed by atoms with Gasteiger partial charge in [0.2, 0.25) is 5.91 Å². The number of carbonyl (C=O) groups is 1. The summed E-state index contributed by atoms with van der Waals surface area (Å²) in [5.74, 6) is 0.804. The highest BCUT2D eigenvalue weighted by molar-refractivity contribution is 6.30. The van der Waals surface area contributed by atoms with Crippen molar-refractivity contribution in [2.45, 2.75) is 19.4 Å². The summed E-state index contributed by atoms with van der Waals surface area (Å²) in [6.07, 6.45) is 2.05. The molecule has 0 spiro atoms. The molecule has 1 unspecified atom stereocenters. The van der Waals surface area contributed by atoms with E-state index in [0.717, 1.165) is 12.2 Å².